The number of aromatic nitrogens is 1. The van der Waals surface area contributed by atoms with Gasteiger partial charge in [0.05, 0.1) is 11.6 Å². The van der Waals surface area contributed by atoms with Gasteiger partial charge in [0.15, 0.2) is 5.58 Å². The third kappa shape index (κ3) is 4.24. The molecule has 2 aromatic heterocycles. The quantitative estimate of drug-likeness (QED) is 0.454. The molecular formula is C24H24N2O3S. The van der Waals surface area contributed by atoms with Crippen molar-refractivity contribution in [3.05, 3.63) is 92.6 Å². The van der Waals surface area contributed by atoms with Crippen molar-refractivity contribution in [1.29, 1.82) is 0 Å². The molecule has 154 valence electrons. The maximum absolute atomic E-state index is 12.8. The summed E-state index contributed by atoms with van der Waals surface area (Å²) < 4.78 is 6.75. The molecule has 4 aromatic rings. The number of para-hydroxylation sites is 2. The molecule has 2 heterocycles. The van der Waals surface area contributed by atoms with Crippen LogP contribution in [0.3, 0.4) is 0 Å². The van der Waals surface area contributed by atoms with Gasteiger partial charge in [0.2, 0.25) is 5.91 Å². The molecular weight excluding hydrogens is 396 g/mol. The van der Waals surface area contributed by atoms with Crippen LogP contribution in [-0.2, 0) is 11.3 Å². The summed E-state index contributed by atoms with van der Waals surface area (Å²) in [4.78, 5) is 26.0. The van der Waals surface area contributed by atoms with Crippen molar-refractivity contribution in [3.8, 4) is 0 Å². The Hall–Kier alpha value is -3.12. The highest BCUT2D eigenvalue weighted by atomic mass is 32.1. The zero-order chi connectivity index (χ0) is 21.1. The molecule has 1 amide bonds. The van der Waals surface area contributed by atoms with E-state index in [0.29, 0.717) is 17.0 Å². The lowest BCUT2D eigenvalue weighted by Crippen LogP contribution is -2.30. The Kier molecular flexibility index (Phi) is 5.86. The second-order valence-electron chi connectivity index (χ2n) is 7.57. The van der Waals surface area contributed by atoms with Crippen LogP contribution in [0.5, 0.6) is 0 Å². The number of nitrogens with zero attached hydrogens (tertiary/aromatic N) is 1. The van der Waals surface area contributed by atoms with Crippen LogP contribution in [0.25, 0.3) is 11.1 Å². The molecule has 1 N–H and O–H groups in total. The third-order valence-electron chi connectivity index (χ3n) is 5.21. The lowest BCUT2D eigenvalue weighted by atomic mass is 9.98. The van der Waals surface area contributed by atoms with E-state index in [2.05, 4.69) is 43.4 Å². The number of amides is 1. The Bertz CT molecular complexity index is 1190. The van der Waals surface area contributed by atoms with Crippen molar-refractivity contribution < 1.29 is 9.21 Å². The van der Waals surface area contributed by atoms with Gasteiger partial charge in [-0.2, -0.15) is 0 Å². The SMILES string of the molecule is CC(C)c1ccc(C(NC(=O)CCn2c(=O)oc3ccccc32)c2cccs2)cc1. The maximum atomic E-state index is 12.8. The minimum atomic E-state index is -0.442. The van der Waals surface area contributed by atoms with Crippen LogP contribution in [0.1, 0.15) is 48.2 Å². The molecule has 6 heteroatoms. The number of rotatable bonds is 7. The highest BCUT2D eigenvalue weighted by molar-refractivity contribution is 7.10. The van der Waals surface area contributed by atoms with E-state index < -0.39 is 5.76 Å². The van der Waals surface area contributed by atoms with Crippen LogP contribution in [0.15, 0.2) is 75.3 Å². The average Bonchev–Trinajstić information content (AvgIpc) is 3.38. The Labute approximate surface area is 179 Å². The minimum Gasteiger partial charge on any atom is -0.408 e. The summed E-state index contributed by atoms with van der Waals surface area (Å²) in [7, 11) is 0. The monoisotopic (exact) mass is 420 g/mol. The number of aryl methyl sites for hydroxylation is 1. The van der Waals surface area contributed by atoms with E-state index in [1.165, 1.54) is 10.1 Å². The van der Waals surface area contributed by atoms with Gasteiger partial charge < -0.3 is 9.73 Å². The van der Waals surface area contributed by atoms with Gasteiger partial charge in [-0.15, -0.1) is 11.3 Å². The van der Waals surface area contributed by atoms with E-state index in [1.807, 2.05) is 35.7 Å². The lowest BCUT2D eigenvalue weighted by molar-refractivity contribution is -0.121. The summed E-state index contributed by atoms with van der Waals surface area (Å²) in [6.45, 7) is 4.59. The fraction of sp³-hybridized carbons (Fsp3) is 0.250. The van der Waals surface area contributed by atoms with E-state index in [9.17, 15) is 9.59 Å². The molecule has 1 atom stereocenters. The topological polar surface area (TPSA) is 64.2 Å². The number of hydrogen-bond donors (Lipinski definition) is 1. The zero-order valence-corrected chi connectivity index (χ0v) is 17.8. The predicted molar refractivity (Wildman–Crippen MR) is 120 cm³/mol. The van der Waals surface area contributed by atoms with Gasteiger partial charge in [0.25, 0.3) is 0 Å². The van der Waals surface area contributed by atoms with Crippen molar-refractivity contribution in [1.82, 2.24) is 9.88 Å². The molecule has 0 saturated carbocycles. The minimum absolute atomic E-state index is 0.112. The molecule has 0 aliphatic carbocycles. The number of nitrogens with one attached hydrogen (secondary N) is 1. The highest BCUT2D eigenvalue weighted by Crippen LogP contribution is 2.27. The molecule has 0 spiro atoms. The van der Waals surface area contributed by atoms with E-state index in [4.69, 9.17) is 4.42 Å². The smallest absolute Gasteiger partial charge is 0.408 e. The molecule has 4 rings (SSSR count). The van der Waals surface area contributed by atoms with Crippen LogP contribution in [0.2, 0.25) is 0 Å². The summed E-state index contributed by atoms with van der Waals surface area (Å²) >= 11 is 1.61. The molecule has 0 bridgehead atoms. The molecule has 0 radical (unpaired) electrons. The summed E-state index contributed by atoms with van der Waals surface area (Å²) in [6.07, 6.45) is 0.190. The first-order valence-corrected chi connectivity index (χ1v) is 10.9. The van der Waals surface area contributed by atoms with Crippen LogP contribution in [0, 0.1) is 0 Å². The molecule has 5 nitrogen and oxygen atoms in total. The number of benzene rings is 2. The van der Waals surface area contributed by atoms with Gasteiger partial charge in [-0.25, -0.2) is 4.79 Å². The van der Waals surface area contributed by atoms with E-state index in [-0.39, 0.29) is 24.9 Å². The van der Waals surface area contributed by atoms with Gasteiger partial charge in [-0.05, 0) is 40.6 Å². The standard InChI is InChI=1S/C24H24N2O3S/c1-16(2)17-9-11-18(12-10-17)23(21-8-5-15-30-21)25-22(27)13-14-26-19-6-3-4-7-20(19)29-24(26)28/h3-12,15-16,23H,13-14H2,1-2H3,(H,25,27). The average molecular weight is 421 g/mol. The fourth-order valence-electron chi connectivity index (χ4n) is 3.52. The molecule has 1 unspecified atom stereocenters. The summed E-state index contributed by atoms with van der Waals surface area (Å²) in [6, 6.07) is 19.4. The van der Waals surface area contributed by atoms with Crippen molar-refractivity contribution in [2.24, 2.45) is 0 Å². The number of oxazole rings is 1. The van der Waals surface area contributed by atoms with Gasteiger partial charge in [-0.3, -0.25) is 9.36 Å². The fourth-order valence-corrected chi connectivity index (χ4v) is 4.32. The Balaban J connectivity index is 1.51. The predicted octanol–water partition coefficient (Wildman–Crippen LogP) is 5.08. The van der Waals surface area contributed by atoms with Crippen molar-refractivity contribution in [3.63, 3.8) is 0 Å². The van der Waals surface area contributed by atoms with E-state index >= 15 is 0 Å². The van der Waals surface area contributed by atoms with Crippen molar-refractivity contribution >= 4 is 28.3 Å². The van der Waals surface area contributed by atoms with Gasteiger partial charge in [-0.1, -0.05) is 56.3 Å². The molecule has 2 aromatic carbocycles. The van der Waals surface area contributed by atoms with Gasteiger partial charge in [0, 0.05) is 17.8 Å². The van der Waals surface area contributed by atoms with E-state index in [1.54, 1.807) is 17.4 Å². The second-order valence-corrected chi connectivity index (χ2v) is 8.55. The summed E-state index contributed by atoms with van der Waals surface area (Å²) in [5, 5.41) is 5.15. The normalized spacial score (nSPS) is 12.4. The van der Waals surface area contributed by atoms with Crippen LogP contribution >= 0.6 is 11.3 Å². The third-order valence-corrected chi connectivity index (χ3v) is 6.14. The van der Waals surface area contributed by atoms with Crippen LogP contribution in [-0.4, -0.2) is 10.5 Å². The number of hydrogen-bond acceptors (Lipinski definition) is 4. The molecule has 0 aliphatic heterocycles. The van der Waals surface area contributed by atoms with Gasteiger partial charge in [0.1, 0.15) is 0 Å². The first kappa shape index (κ1) is 20.2. The molecule has 0 fully saturated rings. The van der Waals surface area contributed by atoms with Crippen molar-refractivity contribution in [2.45, 2.75) is 38.8 Å². The van der Waals surface area contributed by atoms with Crippen LogP contribution in [0.4, 0.5) is 0 Å². The number of carbonyl (C=O) groups excluding carboxylic acids is 1. The first-order valence-electron chi connectivity index (χ1n) is 10.0. The summed E-state index contributed by atoms with van der Waals surface area (Å²) in [5.41, 5.74) is 3.54. The maximum Gasteiger partial charge on any atom is 0.419 e. The highest BCUT2D eigenvalue weighted by Gasteiger charge is 2.19. The van der Waals surface area contributed by atoms with Crippen LogP contribution < -0.4 is 11.1 Å². The summed E-state index contributed by atoms with van der Waals surface area (Å²) in [5.74, 6) is -0.0986. The Morgan fingerprint density at radius 3 is 2.47 bits per heavy atom. The molecule has 0 saturated heterocycles. The number of fused-ring (bicyclic) bond motifs is 1. The molecule has 0 aliphatic rings. The Morgan fingerprint density at radius 1 is 1.03 bits per heavy atom. The largest absolute Gasteiger partial charge is 0.419 e. The second kappa shape index (κ2) is 8.71. The van der Waals surface area contributed by atoms with E-state index in [0.717, 1.165) is 10.4 Å². The van der Waals surface area contributed by atoms with Crippen molar-refractivity contribution in [2.75, 3.05) is 0 Å². The Morgan fingerprint density at radius 2 is 1.77 bits per heavy atom. The lowest BCUT2D eigenvalue weighted by Gasteiger charge is -2.19. The zero-order valence-electron chi connectivity index (χ0n) is 17.0. The number of thiophene rings is 1. The molecule has 30 heavy (non-hydrogen) atoms. The number of carbonyl (C=O) groups is 1. The van der Waals surface area contributed by atoms with Gasteiger partial charge >= 0.3 is 5.76 Å². The first-order chi connectivity index (χ1) is 14.5.